The molecule has 0 aromatic rings. The summed E-state index contributed by atoms with van der Waals surface area (Å²) in [4.78, 5) is 27.5. The van der Waals surface area contributed by atoms with Crippen LogP contribution in [0.3, 0.4) is 0 Å². The first-order valence-corrected chi connectivity index (χ1v) is 7.48. The summed E-state index contributed by atoms with van der Waals surface area (Å²) in [5, 5.41) is 0. The van der Waals surface area contributed by atoms with Crippen LogP contribution in [0, 0.1) is 5.92 Å². The second-order valence-corrected chi connectivity index (χ2v) is 5.71. The van der Waals surface area contributed by atoms with Crippen LogP contribution in [-0.2, 0) is 4.79 Å². The number of urea groups is 1. The quantitative estimate of drug-likeness (QED) is 0.825. The monoisotopic (exact) mass is 267 g/mol. The van der Waals surface area contributed by atoms with Gasteiger partial charge in [-0.05, 0) is 38.5 Å². The summed E-state index contributed by atoms with van der Waals surface area (Å²) >= 11 is 0. The maximum atomic E-state index is 12.6. The lowest BCUT2D eigenvalue weighted by atomic mass is 9.93. The third-order valence-electron chi connectivity index (χ3n) is 4.46. The minimum Gasteiger partial charge on any atom is -0.351 e. The highest BCUT2D eigenvalue weighted by molar-refractivity contribution is 5.81. The Kier molecular flexibility index (Phi) is 4.66. The topological polar surface area (TPSA) is 66.6 Å². The Hall–Kier alpha value is -1.26. The summed E-state index contributed by atoms with van der Waals surface area (Å²) in [6, 6.07) is -0.00612. The van der Waals surface area contributed by atoms with Crippen molar-refractivity contribution in [1.29, 1.82) is 0 Å². The molecule has 2 fully saturated rings. The molecule has 2 N–H and O–H groups in total. The van der Waals surface area contributed by atoms with E-state index in [2.05, 4.69) is 11.8 Å². The Morgan fingerprint density at radius 3 is 2.63 bits per heavy atom. The van der Waals surface area contributed by atoms with Gasteiger partial charge in [-0.3, -0.25) is 4.79 Å². The van der Waals surface area contributed by atoms with Gasteiger partial charge in [-0.2, -0.15) is 0 Å². The largest absolute Gasteiger partial charge is 0.351 e. The summed E-state index contributed by atoms with van der Waals surface area (Å²) < 4.78 is 0. The number of primary amides is 1. The van der Waals surface area contributed by atoms with E-state index >= 15 is 0 Å². The fourth-order valence-electron chi connectivity index (χ4n) is 3.33. The molecule has 2 saturated heterocycles. The lowest BCUT2D eigenvalue weighted by molar-refractivity contribution is -0.140. The molecule has 3 amide bonds. The van der Waals surface area contributed by atoms with E-state index in [4.69, 9.17) is 5.73 Å². The fraction of sp³-hybridized carbons (Fsp3) is 0.857. The molecule has 108 valence electrons. The van der Waals surface area contributed by atoms with Crippen molar-refractivity contribution < 1.29 is 9.59 Å². The molecule has 2 heterocycles. The van der Waals surface area contributed by atoms with E-state index in [-0.39, 0.29) is 11.8 Å². The highest BCUT2D eigenvalue weighted by atomic mass is 16.2. The second kappa shape index (κ2) is 6.26. The first kappa shape index (κ1) is 14.2. The minimum atomic E-state index is -0.400. The van der Waals surface area contributed by atoms with Gasteiger partial charge in [-0.15, -0.1) is 0 Å². The van der Waals surface area contributed by atoms with Crippen molar-refractivity contribution in [2.75, 3.05) is 19.6 Å². The molecule has 2 rings (SSSR count). The van der Waals surface area contributed by atoms with Gasteiger partial charge in [0.25, 0.3) is 0 Å². The maximum absolute atomic E-state index is 12.6. The number of carbonyl (C=O) groups excluding carboxylic acids is 2. The lowest BCUT2D eigenvalue weighted by Crippen LogP contribution is -2.51. The van der Waals surface area contributed by atoms with Crippen LogP contribution in [0.25, 0.3) is 0 Å². The number of nitrogens with zero attached hydrogens (tertiary/aromatic N) is 2. The molecule has 0 aromatic heterocycles. The molecule has 19 heavy (non-hydrogen) atoms. The molecule has 0 spiro atoms. The molecule has 5 nitrogen and oxygen atoms in total. The van der Waals surface area contributed by atoms with E-state index in [9.17, 15) is 9.59 Å². The molecule has 0 unspecified atom stereocenters. The van der Waals surface area contributed by atoms with Gasteiger partial charge in [0.1, 0.15) is 0 Å². The minimum absolute atomic E-state index is 0.0478. The van der Waals surface area contributed by atoms with E-state index in [1.54, 1.807) is 4.90 Å². The molecule has 0 aromatic carbocycles. The summed E-state index contributed by atoms with van der Waals surface area (Å²) in [5.41, 5.74) is 5.32. The van der Waals surface area contributed by atoms with Crippen LogP contribution in [0.2, 0.25) is 0 Å². The molecule has 5 heteroatoms. The molecule has 0 radical (unpaired) electrons. The van der Waals surface area contributed by atoms with Gasteiger partial charge in [0, 0.05) is 25.7 Å². The predicted molar refractivity (Wildman–Crippen MR) is 73.5 cm³/mol. The number of piperidine rings is 2. The van der Waals surface area contributed by atoms with Gasteiger partial charge < -0.3 is 15.5 Å². The first-order valence-electron chi connectivity index (χ1n) is 7.48. The predicted octanol–water partition coefficient (Wildman–Crippen LogP) is 1.57. The van der Waals surface area contributed by atoms with Gasteiger partial charge in [0.2, 0.25) is 5.91 Å². The molecule has 0 aliphatic carbocycles. The van der Waals surface area contributed by atoms with Crippen molar-refractivity contribution in [2.45, 2.75) is 51.5 Å². The Labute approximate surface area is 115 Å². The van der Waals surface area contributed by atoms with E-state index in [1.165, 1.54) is 6.42 Å². The second-order valence-electron chi connectivity index (χ2n) is 5.71. The van der Waals surface area contributed by atoms with Gasteiger partial charge >= 0.3 is 6.03 Å². The zero-order valence-corrected chi connectivity index (χ0v) is 11.8. The zero-order chi connectivity index (χ0) is 13.8. The molecule has 2 aliphatic rings. The van der Waals surface area contributed by atoms with Crippen LogP contribution >= 0.6 is 0 Å². The van der Waals surface area contributed by atoms with Gasteiger partial charge in [-0.25, -0.2) is 4.79 Å². The van der Waals surface area contributed by atoms with Crippen LogP contribution in [-0.4, -0.2) is 47.4 Å². The first-order chi connectivity index (χ1) is 9.13. The molecule has 0 bridgehead atoms. The summed E-state index contributed by atoms with van der Waals surface area (Å²) in [5.74, 6) is 0.186. The molecular weight excluding hydrogens is 242 g/mol. The smallest absolute Gasteiger partial charge is 0.314 e. The van der Waals surface area contributed by atoms with Crippen molar-refractivity contribution in [1.82, 2.24) is 9.80 Å². The lowest BCUT2D eigenvalue weighted by Gasteiger charge is -2.40. The van der Waals surface area contributed by atoms with Gasteiger partial charge in [0.15, 0.2) is 0 Å². The maximum Gasteiger partial charge on any atom is 0.314 e. The van der Waals surface area contributed by atoms with Crippen LogP contribution in [0.5, 0.6) is 0 Å². The third-order valence-corrected chi connectivity index (χ3v) is 4.46. The summed E-state index contributed by atoms with van der Waals surface area (Å²) in [6.45, 7) is 4.22. The van der Waals surface area contributed by atoms with Crippen molar-refractivity contribution in [2.24, 2.45) is 11.7 Å². The number of nitrogens with two attached hydrogens (primary N) is 1. The molecule has 2 aliphatic heterocycles. The molecule has 2 atom stereocenters. The third kappa shape index (κ3) is 3.19. The SMILES string of the molecule is CC[C@H]1CCCCN1C(=O)[C@@H]1CCCN(C(N)=O)C1. The highest BCUT2D eigenvalue weighted by Crippen LogP contribution is 2.25. The number of likely N-dealkylation sites (tertiary alicyclic amines) is 2. The number of hydrogen-bond acceptors (Lipinski definition) is 2. The average molecular weight is 267 g/mol. The average Bonchev–Trinajstić information content (AvgIpc) is 2.46. The summed E-state index contributed by atoms with van der Waals surface area (Å²) in [6.07, 6.45) is 6.24. The fourth-order valence-corrected chi connectivity index (χ4v) is 3.33. The highest BCUT2D eigenvalue weighted by Gasteiger charge is 2.33. The Balaban J connectivity index is 1.99. The van der Waals surface area contributed by atoms with Crippen LogP contribution in [0.15, 0.2) is 0 Å². The standard InChI is InChI=1S/C14H25N3O2/c1-2-12-7-3-4-9-17(12)13(18)11-6-5-8-16(10-11)14(15)19/h11-12H,2-10H2,1H3,(H2,15,19)/t11-,12+/m1/s1. The Bertz CT molecular complexity index is 346. The van der Waals surface area contributed by atoms with E-state index in [0.29, 0.717) is 19.1 Å². The molecular formula is C14H25N3O2. The van der Waals surface area contributed by atoms with Crippen molar-refractivity contribution in [3.05, 3.63) is 0 Å². The number of carbonyl (C=O) groups is 2. The number of amides is 3. The van der Waals surface area contributed by atoms with E-state index < -0.39 is 6.03 Å². The van der Waals surface area contributed by atoms with Gasteiger partial charge in [-0.1, -0.05) is 6.92 Å². The van der Waals surface area contributed by atoms with Crippen molar-refractivity contribution in [3.63, 3.8) is 0 Å². The van der Waals surface area contributed by atoms with Crippen molar-refractivity contribution in [3.8, 4) is 0 Å². The Morgan fingerprint density at radius 1 is 1.16 bits per heavy atom. The number of rotatable bonds is 2. The van der Waals surface area contributed by atoms with Crippen LogP contribution in [0.1, 0.15) is 45.4 Å². The molecule has 0 saturated carbocycles. The zero-order valence-electron chi connectivity index (χ0n) is 11.8. The van der Waals surface area contributed by atoms with Crippen LogP contribution in [0.4, 0.5) is 4.79 Å². The van der Waals surface area contributed by atoms with E-state index in [1.807, 2.05) is 0 Å². The normalized spacial score (nSPS) is 28.3. The number of hydrogen-bond donors (Lipinski definition) is 1. The van der Waals surface area contributed by atoms with Crippen LogP contribution < -0.4 is 5.73 Å². The summed E-state index contributed by atoms with van der Waals surface area (Å²) in [7, 11) is 0. The van der Waals surface area contributed by atoms with Gasteiger partial charge in [0.05, 0.1) is 5.92 Å². The van der Waals surface area contributed by atoms with E-state index in [0.717, 1.165) is 38.6 Å². The van der Waals surface area contributed by atoms with Crippen molar-refractivity contribution >= 4 is 11.9 Å². The Morgan fingerprint density at radius 2 is 1.95 bits per heavy atom.